The first-order chi connectivity index (χ1) is 10.9. The highest BCUT2D eigenvalue weighted by Crippen LogP contribution is 2.24. The molecule has 2 rings (SSSR count). The first kappa shape index (κ1) is 17.1. The van der Waals surface area contributed by atoms with Crippen LogP contribution >= 0.6 is 0 Å². The van der Waals surface area contributed by atoms with Crippen LogP contribution in [0.3, 0.4) is 0 Å². The van der Waals surface area contributed by atoms with Crippen molar-refractivity contribution in [2.24, 2.45) is 0 Å². The monoisotopic (exact) mass is 320 g/mol. The second kappa shape index (κ2) is 7.34. The Balaban J connectivity index is 2.02. The van der Waals surface area contributed by atoms with E-state index < -0.39 is 5.60 Å². The number of aliphatic hydroxyl groups is 2. The number of aromatic nitrogens is 1. The molecule has 0 amide bonds. The van der Waals surface area contributed by atoms with Gasteiger partial charge in [0.15, 0.2) is 5.82 Å². The number of pyridine rings is 1. The lowest BCUT2D eigenvalue weighted by Gasteiger charge is -2.32. The number of nitrogens with zero attached hydrogens (tertiary/aromatic N) is 1. The van der Waals surface area contributed by atoms with Gasteiger partial charge in [0.2, 0.25) is 0 Å². The molecule has 0 aliphatic carbocycles. The minimum atomic E-state index is -0.809. The summed E-state index contributed by atoms with van der Waals surface area (Å²) in [7, 11) is 0. The standard InChI is InChI=1S/C16H24N4O3/c1-11(9-12(2)21)19-14-4-3-13(17)15(20-14)18-10-16(22)5-7-23-8-6-16/h3-4,9,21-22H,1,5-8,10,17H2,2H3,(H2,18,19,20)/b12-9+. The van der Waals surface area contributed by atoms with E-state index in [0.29, 0.717) is 55.6 Å². The van der Waals surface area contributed by atoms with Crippen molar-refractivity contribution in [3.05, 3.63) is 36.2 Å². The molecule has 126 valence electrons. The Labute approximate surface area is 135 Å². The number of aliphatic hydroxyl groups excluding tert-OH is 1. The van der Waals surface area contributed by atoms with Gasteiger partial charge in [-0.15, -0.1) is 0 Å². The van der Waals surface area contributed by atoms with Gasteiger partial charge < -0.3 is 31.3 Å². The number of hydrogen-bond acceptors (Lipinski definition) is 7. The van der Waals surface area contributed by atoms with Crippen molar-refractivity contribution in [1.82, 2.24) is 4.98 Å². The summed E-state index contributed by atoms with van der Waals surface area (Å²) in [6.07, 6.45) is 2.65. The second-order valence-electron chi connectivity index (χ2n) is 5.76. The van der Waals surface area contributed by atoms with Gasteiger partial charge in [0.1, 0.15) is 5.82 Å². The summed E-state index contributed by atoms with van der Waals surface area (Å²) < 4.78 is 5.26. The predicted octanol–water partition coefficient (Wildman–Crippen LogP) is 2.00. The lowest BCUT2D eigenvalue weighted by Crippen LogP contribution is -2.42. The van der Waals surface area contributed by atoms with Crippen LogP contribution in [0.2, 0.25) is 0 Å². The Hall–Kier alpha value is -2.25. The van der Waals surface area contributed by atoms with Crippen LogP contribution in [0.5, 0.6) is 0 Å². The summed E-state index contributed by atoms with van der Waals surface area (Å²) in [5.74, 6) is 1.19. The van der Waals surface area contributed by atoms with Crippen LogP contribution in [0.15, 0.2) is 36.2 Å². The van der Waals surface area contributed by atoms with Gasteiger partial charge >= 0.3 is 0 Å². The highest BCUT2D eigenvalue weighted by atomic mass is 16.5. The van der Waals surface area contributed by atoms with Crippen molar-refractivity contribution in [3.63, 3.8) is 0 Å². The van der Waals surface area contributed by atoms with E-state index in [2.05, 4.69) is 22.2 Å². The van der Waals surface area contributed by atoms with Gasteiger partial charge in [-0.25, -0.2) is 4.98 Å². The van der Waals surface area contributed by atoms with E-state index >= 15 is 0 Å². The average Bonchev–Trinajstić information content (AvgIpc) is 2.48. The molecule has 0 unspecified atom stereocenters. The Kier molecular flexibility index (Phi) is 5.46. The number of hydrogen-bond donors (Lipinski definition) is 5. The first-order valence-corrected chi connectivity index (χ1v) is 7.52. The summed E-state index contributed by atoms with van der Waals surface area (Å²) in [4.78, 5) is 4.37. The first-order valence-electron chi connectivity index (χ1n) is 7.52. The van der Waals surface area contributed by atoms with Gasteiger partial charge in [-0.3, -0.25) is 0 Å². The summed E-state index contributed by atoms with van der Waals surface area (Å²) in [6, 6.07) is 3.43. The molecule has 7 heteroatoms. The molecule has 1 aliphatic heterocycles. The number of nitrogens with one attached hydrogen (secondary N) is 2. The molecule has 6 N–H and O–H groups in total. The van der Waals surface area contributed by atoms with Gasteiger partial charge in [0.05, 0.1) is 17.0 Å². The van der Waals surface area contributed by atoms with Crippen molar-refractivity contribution in [1.29, 1.82) is 0 Å². The summed E-state index contributed by atoms with van der Waals surface area (Å²) in [6.45, 7) is 6.80. The normalized spacial score (nSPS) is 17.6. The number of ether oxygens (including phenoxy) is 1. The topological polar surface area (TPSA) is 113 Å². The Morgan fingerprint density at radius 2 is 2.17 bits per heavy atom. The van der Waals surface area contributed by atoms with E-state index in [0.717, 1.165) is 0 Å². The molecule has 1 saturated heterocycles. The summed E-state index contributed by atoms with van der Waals surface area (Å²) in [5.41, 5.74) is 6.12. The Morgan fingerprint density at radius 1 is 1.48 bits per heavy atom. The Morgan fingerprint density at radius 3 is 2.83 bits per heavy atom. The average molecular weight is 320 g/mol. The molecule has 0 aromatic carbocycles. The molecule has 0 spiro atoms. The third-order valence-electron chi connectivity index (χ3n) is 3.61. The third kappa shape index (κ3) is 5.15. The maximum atomic E-state index is 10.5. The molecule has 0 bridgehead atoms. The number of rotatable bonds is 6. The smallest absolute Gasteiger partial charge is 0.151 e. The van der Waals surface area contributed by atoms with Gasteiger partial charge in [-0.1, -0.05) is 6.58 Å². The molecule has 1 aliphatic rings. The number of nitrogen functional groups attached to an aromatic ring is 1. The van der Waals surface area contributed by atoms with Crippen molar-refractivity contribution >= 4 is 17.3 Å². The van der Waals surface area contributed by atoms with Crippen LogP contribution < -0.4 is 16.4 Å². The Bertz CT molecular complexity index is 591. The summed E-state index contributed by atoms with van der Waals surface area (Å²) in [5, 5.41) is 25.8. The SMILES string of the molecule is C=C(/C=C(\C)O)Nc1ccc(N)c(NCC2(O)CCOCC2)n1. The van der Waals surface area contributed by atoms with E-state index in [1.807, 2.05) is 0 Å². The maximum Gasteiger partial charge on any atom is 0.151 e. The molecule has 0 radical (unpaired) electrons. The fourth-order valence-electron chi connectivity index (χ4n) is 2.31. The van der Waals surface area contributed by atoms with E-state index in [1.54, 1.807) is 19.1 Å². The van der Waals surface area contributed by atoms with E-state index in [4.69, 9.17) is 10.5 Å². The molecule has 1 aromatic rings. The van der Waals surface area contributed by atoms with E-state index in [1.165, 1.54) is 6.08 Å². The number of nitrogens with two attached hydrogens (primary N) is 1. The maximum absolute atomic E-state index is 10.5. The molecule has 2 heterocycles. The lowest BCUT2D eigenvalue weighted by atomic mass is 9.94. The highest BCUT2D eigenvalue weighted by Gasteiger charge is 2.29. The zero-order valence-corrected chi connectivity index (χ0v) is 13.3. The zero-order chi connectivity index (χ0) is 16.9. The van der Waals surface area contributed by atoms with Crippen molar-refractivity contribution in [3.8, 4) is 0 Å². The van der Waals surface area contributed by atoms with Gasteiger partial charge in [-0.2, -0.15) is 0 Å². The lowest BCUT2D eigenvalue weighted by molar-refractivity contribution is -0.0543. The van der Waals surface area contributed by atoms with Crippen LogP contribution in [0, 0.1) is 0 Å². The van der Waals surface area contributed by atoms with Gasteiger partial charge in [0.25, 0.3) is 0 Å². The largest absolute Gasteiger partial charge is 0.513 e. The van der Waals surface area contributed by atoms with E-state index in [-0.39, 0.29) is 5.76 Å². The molecular formula is C16H24N4O3. The van der Waals surface area contributed by atoms with Crippen molar-refractivity contribution in [2.75, 3.05) is 36.1 Å². The molecule has 23 heavy (non-hydrogen) atoms. The van der Waals surface area contributed by atoms with Gasteiger partial charge in [0, 0.05) is 38.3 Å². The minimum Gasteiger partial charge on any atom is -0.513 e. The van der Waals surface area contributed by atoms with Crippen LogP contribution in [0.4, 0.5) is 17.3 Å². The second-order valence-corrected chi connectivity index (χ2v) is 5.76. The predicted molar refractivity (Wildman–Crippen MR) is 91.3 cm³/mol. The molecule has 0 saturated carbocycles. The van der Waals surface area contributed by atoms with Crippen LogP contribution in [0.1, 0.15) is 19.8 Å². The minimum absolute atomic E-state index is 0.151. The fraction of sp³-hybridized carbons (Fsp3) is 0.438. The van der Waals surface area contributed by atoms with Crippen LogP contribution in [0.25, 0.3) is 0 Å². The molecule has 1 aromatic heterocycles. The van der Waals surface area contributed by atoms with Crippen molar-refractivity contribution < 1.29 is 14.9 Å². The highest BCUT2D eigenvalue weighted by molar-refractivity contribution is 5.65. The zero-order valence-electron chi connectivity index (χ0n) is 13.3. The van der Waals surface area contributed by atoms with Crippen molar-refractivity contribution in [2.45, 2.75) is 25.4 Å². The van der Waals surface area contributed by atoms with Crippen LogP contribution in [-0.2, 0) is 4.74 Å². The van der Waals surface area contributed by atoms with Gasteiger partial charge in [-0.05, 0) is 25.1 Å². The summed E-state index contributed by atoms with van der Waals surface area (Å²) >= 11 is 0. The van der Waals surface area contributed by atoms with Crippen LogP contribution in [-0.4, -0.2) is 40.6 Å². The quantitative estimate of drug-likeness (QED) is 0.402. The molecule has 0 atom stereocenters. The molecule has 1 fully saturated rings. The fourth-order valence-corrected chi connectivity index (χ4v) is 2.31. The number of allylic oxidation sites excluding steroid dienone is 2. The number of anilines is 3. The molecule has 7 nitrogen and oxygen atoms in total. The third-order valence-corrected chi connectivity index (χ3v) is 3.61. The molecular weight excluding hydrogens is 296 g/mol. The van der Waals surface area contributed by atoms with E-state index in [9.17, 15) is 10.2 Å².